The molecule has 8 heteroatoms. The Balaban J connectivity index is 2.16. The van der Waals surface area contributed by atoms with Crippen molar-refractivity contribution in [3.63, 3.8) is 0 Å². The number of nitrogens with one attached hydrogen (secondary N) is 2. The zero-order valence-electron chi connectivity index (χ0n) is 16.8. The van der Waals surface area contributed by atoms with Crippen LogP contribution in [-0.4, -0.2) is 74.2 Å². The first-order valence-electron chi connectivity index (χ1n) is 9.77. The van der Waals surface area contributed by atoms with E-state index in [2.05, 4.69) is 10.6 Å². The Labute approximate surface area is 161 Å². The fourth-order valence-electron chi connectivity index (χ4n) is 4.59. The molecule has 2 atom stereocenters. The van der Waals surface area contributed by atoms with Crippen molar-refractivity contribution in [3.8, 4) is 0 Å². The second-order valence-corrected chi connectivity index (χ2v) is 7.74. The molecule has 0 aliphatic heterocycles. The van der Waals surface area contributed by atoms with E-state index in [1.807, 2.05) is 6.92 Å². The first-order valence-corrected chi connectivity index (χ1v) is 9.77. The van der Waals surface area contributed by atoms with Gasteiger partial charge in [0, 0.05) is 27.7 Å². The van der Waals surface area contributed by atoms with E-state index in [1.165, 1.54) is 16.8 Å². The van der Waals surface area contributed by atoms with E-state index >= 15 is 0 Å². The summed E-state index contributed by atoms with van der Waals surface area (Å²) in [6, 6.07) is 0. The lowest BCUT2D eigenvalue weighted by atomic mass is 9.57. The molecule has 3 aliphatic rings. The number of carbonyl (C=O) groups is 4. The average Bonchev–Trinajstić information content (AvgIpc) is 2.66. The molecule has 3 aliphatic carbocycles. The van der Waals surface area contributed by atoms with Gasteiger partial charge in [0.1, 0.15) is 0 Å². The first kappa shape index (κ1) is 21.2. The van der Waals surface area contributed by atoms with Gasteiger partial charge in [-0.1, -0.05) is 0 Å². The van der Waals surface area contributed by atoms with E-state index in [4.69, 9.17) is 0 Å². The highest BCUT2D eigenvalue weighted by Gasteiger charge is 2.51. The van der Waals surface area contributed by atoms with E-state index in [1.54, 1.807) is 14.1 Å². The average molecular weight is 380 g/mol. The Bertz CT molecular complexity index is 586. The molecule has 0 spiro atoms. The van der Waals surface area contributed by atoms with Gasteiger partial charge in [-0.2, -0.15) is 0 Å². The third kappa shape index (κ3) is 4.78. The maximum atomic E-state index is 13.1. The van der Waals surface area contributed by atoms with Crippen LogP contribution >= 0.6 is 0 Å². The minimum absolute atomic E-state index is 0.00441. The Morgan fingerprint density at radius 1 is 0.815 bits per heavy atom. The van der Waals surface area contributed by atoms with Crippen LogP contribution in [0.3, 0.4) is 0 Å². The summed E-state index contributed by atoms with van der Waals surface area (Å²) in [5, 5.41) is 5.22. The van der Waals surface area contributed by atoms with Gasteiger partial charge in [-0.15, -0.1) is 0 Å². The molecule has 0 radical (unpaired) electrons. The normalized spacial score (nSPS) is 26.2. The van der Waals surface area contributed by atoms with Crippen LogP contribution in [0, 0.1) is 23.7 Å². The molecule has 0 heterocycles. The maximum Gasteiger partial charge on any atom is 0.239 e. The molecule has 8 nitrogen and oxygen atoms in total. The van der Waals surface area contributed by atoms with E-state index in [0.29, 0.717) is 6.54 Å². The van der Waals surface area contributed by atoms with Crippen molar-refractivity contribution in [3.05, 3.63) is 0 Å². The van der Waals surface area contributed by atoms with Crippen molar-refractivity contribution in [2.24, 2.45) is 23.7 Å². The molecule has 0 aromatic rings. The molecule has 0 aromatic carbocycles. The lowest BCUT2D eigenvalue weighted by molar-refractivity contribution is -0.157. The summed E-state index contributed by atoms with van der Waals surface area (Å²) in [5.74, 6) is -1.19. The molecule has 3 rings (SSSR count). The van der Waals surface area contributed by atoms with Crippen molar-refractivity contribution in [1.82, 2.24) is 20.4 Å². The van der Waals surface area contributed by atoms with Crippen LogP contribution in [0.1, 0.15) is 32.6 Å². The first-order chi connectivity index (χ1) is 12.8. The number of hydrogen-bond donors (Lipinski definition) is 2. The lowest BCUT2D eigenvalue weighted by Crippen LogP contribution is -2.55. The fraction of sp³-hybridized carbons (Fsp3) is 0.789. The SMILES string of the molecule is CCNC(=O)CN(C)C(=O)[C@@H]1C2CCC(CC2)[C@@H]1C(=O)N(C)CC(=O)NC. The number of amides is 4. The number of rotatable bonds is 7. The van der Waals surface area contributed by atoms with Gasteiger partial charge in [0.15, 0.2) is 0 Å². The van der Waals surface area contributed by atoms with Crippen LogP contribution in [0.2, 0.25) is 0 Å². The molecule has 2 N–H and O–H groups in total. The quantitative estimate of drug-likeness (QED) is 0.641. The Kier molecular flexibility index (Phi) is 7.21. The topological polar surface area (TPSA) is 98.8 Å². The van der Waals surface area contributed by atoms with Crippen LogP contribution in [0.25, 0.3) is 0 Å². The van der Waals surface area contributed by atoms with Crippen LogP contribution in [0.15, 0.2) is 0 Å². The number of fused-ring (bicyclic) bond motifs is 3. The molecular weight excluding hydrogens is 348 g/mol. The maximum absolute atomic E-state index is 13.1. The number of nitrogens with zero attached hydrogens (tertiary/aromatic N) is 2. The van der Waals surface area contributed by atoms with Gasteiger partial charge in [0.05, 0.1) is 24.9 Å². The highest BCUT2D eigenvalue weighted by Crippen LogP contribution is 2.50. The molecule has 3 saturated carbocycles. The number of hydrogen-bond acceptors (Lipinski definition) is 4. The molecule has 4 amide bonds. The highest BCUT2D eigenvalue weighted by atomic mass is 16.2. The van der Waals surface area contributed by atoms with Crippen molar-refractivity contribution >= 4 is 23.6 Å². The second-order valence-electron chi connectivity index (χ2n) is 7.74. The second kappa shape index (κ2) is 9.19. The molecule has 27 heavy (non-hydrogen) atoms. The van der Waals surface area contributed by atoms with Crippen LogP contribution < -0.4 is 10.6 Å². The van der Waals surface area contributed by atoms with Crippen LogP contribution in [0.5, 0.6) is 0 Å². The Morgan fingerprint density at radius 3 is 1.59 bits per heavy atom. The van der Waals surface area contributed by atoms with E-state index in [9.17, 15) is 19.2 Å². The predicted molar refractivity (Wildman–Crippen MR) is 100 cm³/mol. The van der Waals surface area contributed by atoms with Crippen molar-refractivity contribution in [2.75, 3.05) is 40.8 Å². The number of likely N-dealkylation sites (N-methyl/N-ethyl adjacent to an activating group) is 4. The van der Waals surface area contributed by atoms with Gasteiger partial charge in [-0.25, -0.2) is 0 Å². The minimum Gasteiger partial charge on any atom is -0.358 e. The van der Waals surface area contributed by atoms with Gasteiger partial charge in [0.25, 0.3) is 0 Å². The summed E-state index contributed by atoms with van der Waals surface area (Å²) in [6.07, 6.45) is 3.77. The van der Waals surface area contributed by atoms with Gasteiger partial charge in [-0.3, -0.25) is 19.2 Å². The third-order valence-electron chi connectivity index (χ3n) is 5.96. The summed E-state index contributed by atoms with van der Waals surface area (Å²) in [6.45, 7) is 2.33. The monoisotopic (exact) mass is 380 g/mol. The van der Waals surface area contributed by atoms with Crippen molar-refractivity contribution in [1.29, 1.82) is 0 Å². The van der Waals surface area contributed by atoms with Gasteiger partial charge in [-0.05, 0) is 44.4 Å². The zero-order valence-corrected chi connectivity index (χ0v) is 16.8. The van der Waals surface area contributed by atoms with Gasteiger partial charge >= 0.3 is 0 Å². The highest BCUT2D eigenvalue weighted by molar-refractivity contribution is 5.92. The predicted octanol–water partition coefficient (Wildman–Crippen LogP) is -0.162. The largest absolute Gasteiger partial charge is 0.358 e. The molecule has 3 fully saturated rings. The van der Waals surface area contributed by atoms with Crippen LogP contribution in [0.4, 0.5) is 0 Å². The van der Waals surface area contributed by atoms with Crippen molar-refractivity contribution in [2.45, 2.75) is 32.6 Å². The molecule has 0 saturated heterocycles. The molecule has 152 valence electrons. The van der Waals surface area contributed by atoms with E-state index in [0.717, 1.165) is 25.7 Å². The molecular formula is C19H32N4O4. The summed E-state index contributed by atoms with van der Waals surface area (Å²) in [4.78, 5) is 52.6. The van der Waals surface area contributed by atoms with Gasteiger partial charge in [0.2, 0.25) is 23.6 Å². The summed E-state index contributed by atoms with van der Waals surface area (Å²) >= 11 is 0. The summed E-state index contributed by atoms with van der Waals surface area (Å²) in [7, 11) is 4.77. The smallest absolute Gasteiger partial charge is 0.239 e. The minimum atomic E-state index is -0.406. The molecule has 2 bridgehead atoms. The molecule has 0 unspecified atom stereocenters. The third-order valence-corrected chi connectivity index (χ3v) is 5.96. The van der Waals surface area contributed by atoms with Crippen molar-refractivity contribution < 1.29 is 19.2 Å². The standard InChI is InChI=1S/C19H32N4O4/c1-5-21-15(25)11-23(4)19(27)17-13-8-6-12(7-9-13)16(17)18(26)22(3)10-14(24)20-2/h12-13,16-17H,5-11H2,1-4H3,(H,20,24)(H,21,25)/t12?,13?,16-,17+/m0/s1. The Morgan fingerprint density at radius 2 is 1.22 bits per heavy atom. The fourth-order valence-corrected chi connectivity index (χ4v) is 4.59. The van der Waals surface area contributed by atoms with Crippen LogP contribution in [-0.2, 0) is 19.2 Å². The molecule has 0 aromatic heterocycles. The van der Waals surface area contributed by atoms with E-state index < -0.39 is 11.8 Å². The lowest BCUT2D eigenvalue weighted by Gasteiger charge is -2.48. The Hall–Kier alpha value is -2.12. The van der Waals surface area contributed by atoms with E-state index in [-0.39, 0.29) is 48.6 Å². The summed E-state index contributed by atoms with van der Waals surface area (Å²) in [5.41, 5.74) is 0. The van der Waals surface area contributed by atoms with Gasteiger partial charge < -0.3 is 20.4 Å². The number of carbonyl (C=O) groups excluding carboxylic acids is 4. The summed E-state index contributed by atoms with van der Waals surface area (Å²) < 4.78 is 0. The zero-order chi connectivity index (χ0) is 20.1.